The molecule has 2 aromatic rings. The summed E-state index contributed by atoms with van der Waals surface area (Å²) in [5, 5.41) is 37.0. The van der Waals surface area contributed by atoms with Crippen molar-refractivity contribution in [3.05, 3.63) is 53.6 Å². The Morgan fingerprint density at radius 3 is 2.36 bits per heavy atom. The van der Waals surface area contributed by atoms with E-state index in [9.17, 15) is 24.9 Å². The fourth-order valence-electron chi connectivity index (χ4n) is 2.03. The minimum atomic E-state index is -1.12. The van der Waals surface area contributed by atoms with E-state index in [-0.39, 0.29) is 35.8 Å². The first-order valence-electron chi connectivity index (χ1n) is 7.30. The molecule has 7 heteroatoms. The Labute approximate surface area is 143 Å². The number of carboxylic acids is 1. The van der Waals surface area contributed by atoms with Gasteiger partial charge in [-0.05, 0) is 47.9 Å². The van der Waals surface area contributed by atoms with Crippen molar-refractivity contribution >= 4 is 18.0 Å². The average molecular weight is 344 g/mol. The van der Waals surface area contributed by atoms with Gasteiger partial charge in [-0.1, -0.05) is 12.1 Å². The summed E-state index contributed by atoms with van der Waals surface area (Å²) in [5.74, 6) is -2.58. The van der Waals surface area contributed by atoms with Crippen molar-refractivity contribution in [3.63, 3.8) is 0 Å². The van der Waals surface area contributed by atoms with Crippen molar-refractivity contribution in [2.75, 3.05) is 0 Å². The number of benzene rings is 2. The van der Waals surface area contributed by atoms with Crippen LogP contribution in [0.3, 0.4) is 0 Å². The number of aryl methyl sites for hydroxylation is 1. The van der Waals surface area contributed by atoms with Crippen molar-refractivity contribution in [3.8, 4) is 23.0 Å². The predicted octanol–water partition coefficient (Wildman–Crippen LogP) is 2.44. The third-order valence-corrected chi connectivity index (χ3v) is 3.28. The molecule has 0 heterocycles. The van der Waals surface area contributed by atoms with Crippen molar-refractivity contribution in [1.82, 2.24) is 0 Å². The summed E-state index contributed by atoms with van der Waals surface area (Å²) in [6.07, 6.45) is 2.48. The van der Waals surface area contributed by atoms with E-state index in [2.05, 4.69) is 0 Å². The Bertz CT molecular complexity index is 824. The largest absolute Gasteiger partial charge is 0.504 e. The summed E-state index contributed by atoms with van der Waals surface area (Å²) in [6.45, 7) is 0. The third-order valence-electron chi connectivity index (χ3n) is 3.28. The van der Waals surface area contributed by atoms with Crippen LogP contribution in [0.5, 0.6) is 23.0 Å². The molecule has 0 atom stereocenters. The highest BCUT2D eigenvalue weighted by atomic mass is 16.5. The molecule has 0 aliphatic heterocycles. The Balaban J connectivity index is 2.00. The smallest absolute Gasteiger partial charge is 0.328 e. The van der Waals surface area contributed by atoms with Gasteiger partial charge < -0.3 is 25.2 Å². The summed E-state index contributed by atoms with van der Waals surface area (Å²) in [5.41, 5.74) is 1.08. The molecule has 2 rings (SSSR count). The second kappa shape index (κ2) is 7.87. The van der Waals surface area contributed by atoms with Crippen LogP contribution >= 0.6 is 0 Å². The van der Waals surface area contributed by atoms with Crippen molar-refractivity contribution in [1.29, 1.82) is 0 Å². The van der Waals surface area contributed by atoms with Crippen LogP contribution in [-0.4, -0.2) is 32.4 Å². The molecule has 4 N–H and O–H groups in total. The van der Waals surface area contributed by atoms with Crippen LogP contribution in [-0.2, 0) is 16.0 Å². The van der Waals surface area contributed by atoms with Gasteiger partial charge in [-0.2, -0.15) is 0 Å². The molecule has 25 heavy (non-hydrogen) atoms. The summed E-state index contributed by atoms with van der Waals surface area (Å²) < 4.78 is 5.09. The van der Waals surface area contributed by atoms with E-state index in [0.29, 0.717) is 11.1 Å². The molecule has 0 aromatic heterocycles. The van der Waals surface area contributed by atoms with Crippen LogP contribution in [0, 0.1) is 0 Å². The Kier molecular flexibility index (Phi) is 5.62. The topological polar surface area (TPSA) is 124 Å². The highest BCUT2D eigenvalue weighted by molar-refractivity contribution is 5.85. The molecule has 0 spiro atoms. The summed E-state index contributed by atoms with van der Waals surface area (Å²) in [7, 11) is 0. The lowest BCUT2D eigenvalue weighted by Gasteiger charge is -2.08. The van der Waals surface area contributed by atoms with Crippen LogP contribution in [0.1, 0.15) is 17.5 Å². The van der Waals surface area contributed by atoms with Gasteiger partial charge in [-0.25, -0.2) is 4.79 Å². The van der Waals surface area contributed by atoms with Gasteiger partial charge in [0, 0.05) is 12.5 Å². The minimum Gasteiger partial charge on any atom is -0.504 e. The highest BCUT2D eigenvalue weighted by Gasteiger charge is 2.11. The van der Waals surface area contributed by atoms with Gasteiger partial charge >= 0.3 is 11.9 Å². The van der Waals surface area contributed by atoms with Crippen molar-refractivity contribution in [2.45, 2.75) is 12.8 Å². The van der Waals surface area contributed by atoms with Crippen LogP contribution < -0.4 is 4.74 Å². The van der Waals surface area contributed by atoms with Gasteiger partial charge in [0.05, 0.1) is 0 Å². The van der Waals surface area contributed by atoms with E-state index in [0.717, 1.165) is 6.08 Å². The van der Waals surface area contributed by atoms with Crippen LogP contribution in [0.4, 0.5) is 0 Å². The number of carbonyl (C=O) groups is 2. The Hall–Kier alpha value is -3.48. The second-order valence-corrected chi connectivity index (χ2v) is 5.20. The molecule has 0 radical (unpaired) electrons. The molecule has 130 valence electrons. The molecular weight excluding hydrogens is 328 g/mol. The maximum Gasteiger partial charge on any atom is 0.328 e. The number of aliphatic carboxylic acids is 1. The lowest BCUT2D eigenvalue weighted by atomic mass is 10.1. The Morgan fingerprint density at radius 1 is 0.960 bits per heavy atom. The predicted molar refractivity (Wildman–Crippen MR) is 88.5 cm³/mol. The van der Waals surface area contributed by atoms with E-state index in [1.165, 1.54) is 36.4 Å². The maximum atomic E-state index is 11.9. The summed E-state index contributed by atoms with van der Waals surface area (Å²) >= 11 is 0. The monoisotopic (exact) mass is 344 g/mol. The second-order valence-electron chi connectivity index (χ2n) is 5.20. The van der Waals surface area contributed by atoms with Crippen LogP contribution in [0.25, 0.3) is 6.08 Å². The highest BCUT2D eigenvalue weighted by Crippen LogP contribution is 2.28. The van der Waals surface area contributed by atoms with E-state index in [1.807, 2.05) is 0 Å². The van der Waals surface area contributed by atoms with Crippen molar-refractivity contribution in [2.24, 2.45) is 0 Å². The Morgan fingerprint density at radius 2 is 1.68 bits per heavy atom. The van der Waals surface area contributed by atoms with Crippen LogP contribution in [0.2, 0.25) is 0 Å². The molecule has 0 fully saturated rings. The molecule has 0 aliphatic rings. The molecule has 0 unspecified atom stereocenters. The molecule has 0 saturated carbocycles. The molecule has 0 bridgehead atoms. The lowest BCUT2D eigenvalue weighted by Crippen LogP contribution is -2.09. The molecule has 0 amide bonds. The number of carboxylic acid groups (broad SMARTS) is 1. The van der Waals surface area contributed by atoms with Crippen LogP contribution in [0.15, 0.2) is 42.5 Å². The summed E-state index contributed by atoms with van der Waals surface area (Å²) in [4.78, 5) is 22.4. The quantitative estimate of drug-likeness (QED) is 0.274. The lowest BCUT2D eigenvalue weighted by molar-refractivity contribution is -0.134. The number of hydrogen-bond acceptors (Lipinski definition) is 6. The van der Waals surface area contributed by atoms with E-state index < -0.39 is 11.9 Å². The SMILES string of the molecule is O=C(O)/C=C/c1ccc(O)c(OC(=O)CCc2ccc(O)c(O)c2)c1. The van der Waals surface area contributed by atoms with Gasteiger partial charge in [0.2, 0.25) is 0 Å². The molecule has 7 nitrogen and oxygen atoms in total. The first kappa shape index (κ1) is 17.9. The first-order chi connectivity index (χ1) is 11.8. The summed E-state index contributed by atoms with van der Waals surface area (Å²) in [6, 6.07) is 8.35. The van der Waals surface area contributed by atoms with E-state index >= 15 is 0 Å². The zero-order chi connectivity index (χ0) is 18.4. The minimum absolute atomic E-state index is 0.0150. The standard InChI is InChI=1S/C18H16O7/c19-13-5-1-11(9-15(13)21)4-8-18(24)25-16-10-12(2-6-14(16)20)3-7-17(22)23/h1-3,5-7,9-10,19-21H,4,8H2,(H,22,23)/b7-3+. The zero-order valence-corrected chi connectivity index (χ0v) is 13.0. The fourth-order valence-corrected chi connectivity index (χ4v) is 2.03. The molecule has 0 saturated heterocycles. The number of phenolic OH excluding ortho intramolecular Hbond substituents is 3. The number of hydrogen-bond donors (Lipinski definition) is 4. The number of ether oxygens (including phenoxy) is 1. The van der Waals surface area contributed by atoms with E-state index in [4.69, 9.17) is 9.84 Å². The number of rotatable bonds is 6. The maximum absolute atomic E-state index is 11.9. The van der Waals surface area contributed by atoms with Crippen molar-refractivity contribution < 1.29 is 34.8 Å². The molecule has 2 aromatic carbocycles. The first-order valence-corrected chi connectivity index (χ1v) is 7.30. The van der Waals surface area contributed by atoms with Gasteiger partial charge in [0.15, 0.2) is 23.0 Å². The number of esters is 1. The van der Waals surface area contributed by atoms with Gasteiger partial charge in [-0.3, -0.25) is 4.79 Å². The number of aromatic hydroxyl groups is 3. The molecule has 0 aliphatic carbocycles. The van der Waals surface area contributed by atoms with Gasteiger partial charge in [-0.15, -0.1) is 0 Å². The average Bonchev–Trinajstić information content (AvgIpc) is 2.56. The zero-order valence-electron chi connectivity index (χ0n) is 13.0. The van der Waals surface area contributed by atoms with Gasteiger partial charge in [0.1, 0.15) is 0 Å². The van der Waals surface area contributed by atoms with Gasteiger partial charge in [0.25, 0.3) is 0 Å². The molecular formula is C18H16O7. The number of phenols is 3. The third kappa shape index (κ3) is 5.28. The number of carbonyl (C=O) groups excluding carboxylic acids is 1. The normalized spacial score (nSPS) is 10.7. The van der Waals surface area contributed by atoms with E-state index in [1.54, 1.807) is 6.07 Å². The fraction of sp³-hybridized carbons (Fsp3) is 0.111.